The Morgan fingerprint density at radius 3 is 2.08 bits per heavy atom. The van der Waals surface area contributed by atoms with E-state index in [1.807, 2.05) is 6.92 Å². The summed E-state index contributed by atoms with van der Waals surface area (Å²) in [6, 6.07) is 15.6. The average molecular weight is 532 g/mol. The van der Waals surface area contributed by atoms with Crippen molar-refractivity contribution in [3.05, 3.63) is 95.1 Å². The van der Waals surface area contributed by atoms with Crippen LogP contribution in [0.3, 0.4) is 0 Å². The van der Waals surface area contributed by atoms with Gasteiger partial charge in [0.1, 0.15) is 0 Å². The molecule has 2 atom stereocenters. The van der Waals surface area contributed by atoms with Gasteiger partial charge in [0.15, 0.2) is 0 Å². The van der Waals surface area contributed by atoms with Crippen LogP contribution in [0.15, 0.2) is 82.6 Å². The van der Waals surface area contributed by atoms with Crippen molar-refractivity contribution >= 4 is 15.8 Å². The summed E-state index contributed by atoms with van der Waals surface area (Å²) in [7, 11) is -3.81. The second-order valence-electron chi connectivity index (χ2n) is 8.13. The molecule has 0 saturated carbocycles. The smallest absolute Gasteiger partial charge is 1.00 e. The van der Waals surface area contributed by atoms with E-state index < -0.39 is 33.7 Å². The number of nitrogens with one attached hydrogen (secondary N) is 1. The molecule has 6 nitrogen and oxygen atoms in total. The van der Waals surface area contributed by atoms with Gasteiger partial charge in [-0.15, -0.1) is 0 Å². The predicted molar refractivity (Wildman–Crippen MR) is 124 cm³/mol. The number of alkyl halides is 3. The summed E-state index contributed by atoms with van der Waals surface area (Å²) in [5, 5.41) is 22.3. The van der Waals surface area contributed by atoms with Gasteiger partial charge in [-0.05, 0) is 73.0 Å². The summed E-state index contributed by atoms with van der Waals surface area (Å²) >= 11 is 0. The molecule has 0 aliphatic rings. The van der Waals surface area contributed by atoms with E-state index in [2.05, 4.69) is 5.32 Å². The van der Waals surface area contributed by atoms with Crippen LogP contribution in [-0.4, -0.2) is 37.2 Å². The summed E-state index contributed by atoms with van der Waals surface area (Å²) in [4.78, 5) is 11.0. The van der Waals surface area contributed by atoms with Gasteiger partial charge in [0.2, 0.25) is 9.84 Å². The van der Waals surface area contributed by atoms with E-state index >= 15 is 0 Å². The first kappa shape index (κ1) is 30.0. The molecule has 0 saturated heterocycles. The molecule has 3 aromatic rings. The van der Waals surface area contributed by atoms with Crippen LogP contribution in [0.4, 0.5) is 13.2 Å². The zero-order valence-corrected chi connectivity index (χ0v) is 22.5. The normalized spacial score (nSPS) is 13.5. The number of sulfone groups is 1. The Morgan fingerprint density at radius 1 is 1.00 bits per heavy atom. The number of carbonyl (C=O) groups is 1. The van der Waals surface area contributed by atoms with Gasteiger partial charge in [-0.3, -0.25) is 0 Å². The molecule has 3 rings (SSSR count). The van der Waals surface area contributed by atoms with Crippen molar-refractivity contribution in [3.63, 3.8) is 0 Å². The van der Waals surface area contributed by atoms with E-state index in [0.29, 0.717) is 6.42 Å². The quantitative estimate of drug-likeness (QED) is 0.363. The SMILES string of the molecule is C[C@H](Cc1ccc(S(=O)(=O)c2ccc(C(=O)O)cc2)cc1)NC[C@@H](O)c1cccc(C(F)(F)F)c1.[H-].[Na+]. The first-order valence-corrected chi connectivity index (χ1v) is 12.1. The van der Waals surface area contributed by atoms with Crippen LogP contribution in [-0.2, 0) is 22.4 Å². The molecule has 0 aliphatic heterocycles. The predicted octanol–water partition coefficient (Wildman–Crippen LogP) is 1.61. The molecular formula is C25H25F3NNaO5S. The molecule has 3 aromatic carbocycles. The Kier molecular flexibility index (Phi) is 10.3. The Hall–Kier alpha value is -2.21. The minimum absolute atomic E-state index is 0. The molecule has 0 aliphatic carbocycles. The van der Waals surface area contributed by atoms with E-state index in [1.165, 1.54) is 48.5 Å². The molecule has 0 bridgehead atoms. The van der Waals surface area contributed by atoms with E-state index in [0.717, 1.165) is 17.7 Å². The minimum Gasteiger partial charge on any atom is -1.00 e. The van der Waals surface area contributed by atoms with Crippen molar-refractivity contribution in [2.45, 2.75) is 41.5 Å². The zero-order valence-electron chi connectivity index (χ0n) is 20.7. The fraction of sp³-hybridized carbons (Fsp3) is 0.240. The summed E-state index contributed by atoms with van der Waals surface area (Å²) < 4.78 is 64.2. The third kappa shape index (κ3) is 7.64. The molecule has 0 fully saturated rings. The van der Waals surface area contributed by atoms with Gasteiger partial charge in [0.25, 0.3) is 0 Å². The average Bonchev–Trinajstić information content (AvgIpc) is 2.82. The van der Waals surface area contributed by atoms with Gasteiger partial charge in [-0.2, -0.15) is 13.2 Å². The molecule has 0 heterocycles. The number of aromatic carboxylic acids is 1. The molecule has 0 radical (unpaired) electrons. The van der Waals surface area contributed by atoms with Crippen LogP contribution in [0, 0.1) is 0 Å². The molecule has 3 N–H and O–H groups in total. The first-order chi connectivity index (χ1) is 16.4. The van der Waals surface area contributed by atoms with Gasteiger partial charge in [-0.1, -0.05) is 24.3 Å². The topological polar surface area (TPSA) is 104 Å². The van der Waals surface area contributed by atoms with Crippen molar-refractivity contribution in [1.29, 1.82) is 0 Å². The summed E-state index contributed by atoms with van der Waals surface area (Å²) in [6.07, 6.45) is -5.12. The van der Waals surface area contributed by atoms with E-state index in [4.69, 9.17) is 5.11 Å². The number of aliphatic hydroxyl groups excluding tert-OH is 1. The second kappa shape index (κ2) is 12.4. The number of hydrogen-bond donors (Lipinski definition) is 3. The largest absolute Gasteiger partial charge is 1.00 e. The number of halogens is 3. The van der Waals surface area contributed by atoms with Crippen LogP contribution in [0.1, 0.15) is 41.5 Å². The van der Waals surface area contributed by atoms with Crippen molar-refractivity contribution in [1.82, 2.24) is 5.32 Å². The molecule has 188 valence electrons. The van der Waals surface area contributed by atoms with Crippen LogP contribution in [0.25, 0.3) is 0 Å². The number of hydrogen-bond acceptors (Lipinski definition) is 5. The van der Waals surface area contributed by atoms with Crippen molar-refractivity contribution < 1.29 is 67.6 Å². The summed E-state index contributed by atoms with van der Waals surface area (Å²) in [5.41, 5.74) is 0.137. The number of aliphatic hydroxyl groups is 1. The van der Waals surface area contributed by atoms with Gasteiger partial charge in [0, 0.05) is 12.6 Å². The van der Waals surface area contributed by atoms with Crippen molar-refractivity contribution in [2.75, 3.05) is 6.54 Å². The first-order valence-electron chi connectivity index (χ1n) is 10.6. The monoisotopic (exact) mass is 531 g/mol. The molecule has 36 heavy (non-hydrogen) atoms. The maximum Gasteiger partial charge on any atom is 1.00 e. The number of carboxylic acid groups (broad SMARTS) is 1. The summed E-state index contributed by atoms with van der Waals surface area (Å²) in [6.45, 7) is 1.88. The maximum atomic E-state index is 12.9. The van der Waals surface area contributed by atoms with E-state index in [1.54, 1.807) is 12.1 Å². The van der Waals surface area contributed by atoms with Crippen molar-refractivity contribution in [2.24, 2.45) is 0 Å². The van der Waals surface area contributed by atoms with Crippen LogP contribution >= 0.6 is 0 Å². The van der Waals surface area contributed by atoms with E-state index in [-0.39, 0.29) is 64.5 Å². The Balaban J connectivity index is 0.00000342. The number of benzene rings is 3. The Bertz CT molecular complexity index is 1290. The van der Waals surface area contributed by atoms with Crippen molar-refractivity contribution in [3.8, 4) is 0 Å². The van der Waals surface area contributed by atoms with Gasteiger partial charge >= 0.3 is 41.7 Å². The molecule has 0 amide bonds. The molecule has 0 aromatic heterocycles. The van der Waals surface area contributed by atoms with Crippen LogP contribution in [0.5, 0.6) is 0 Å². The van der Waals surface area contributed by atoms with E-state index in [9.17, 15) is 31.5 Å². The van der Waals surface area contributed by atoms with Gasteiger partial charge < -0.3 is 17.0 Å². The number of rotatable bonds is 9. The Labute approximate surface area is 230 Å². The van der Waals surface area contributed by atoms with Crippen LogP contribution < -0.4 is 34.9 Å². The maximum absolute atomic E-state index is 12.9. The Morgan fingerprint density at radius 2 is 1.56 bits per heavy atom. The minimum atomic E-state index is -4.49. The zero-order chi connectivity index (χ0) is 25.8. The van der Waals surface area contributed by atoms with Gasteiger partial charge in [-0.25, -0.2) is 13.2 Å². The standard InChI is InChI=1S/C25H24F3NO5S.Na.H/c1-16(29-15-23(30)19-3-2-4-20(14-19)25(26,27)28)13-17-5-9-21(10-6-17)35(33,34)22-11-7-18(8-12-22)24(31)32;;/h2-12,14,16,23,29-30H,13,15H2,1H3,(H,31,32);;/q;+1;-1/t16-,23-;;/m1../s1. The second-order valence-corrected chi connectivity index (χ2v) is 10.1. The molecule has 0 spiro atoms. The third-order valence-electron chi connectivity index (χ3n) is 5.45. The number of carboxylic acids is 1. The van der Waals surface area contributed by atoms with Gasteiger partial charge in [0.05, 0.1) is 27.0 Å². The van der Waals surface area contributed by atoms with Crippen LogP contribution in [0.2, 0.25) is 0 Å². The molecule has 0 unspecified atom stereocenters. The molecule has 11 heteroatoms. The third-order valence-corrected chi connectivity index (χ3v) is 7.23. The summed E-state index contributed by atoms with van der Waals surface area (Å²) in [5.74, 6) is -1.15. The fourth-order valence-electron chi connectivity index (χ4n) is 3.50. The fourth-order valence-corrected chi connectivity index (χ4v) is 4.76. The molecular weight excluding hydrogens is 506 g/mol.